The van der Waals surface area contributed by atoms with Gasteiger partial charge in [-0.1, -0.05) is 13.3 Å². The molecule has 0 aromatic rings. The predicted molar refractivity (Wildman–Crippen MR) is 48.5 cm³/mol. The number of rotatable bonds is 2. The Hall–Kier alpha value is -0.0800. The molecule has 2 nitrogen and oxygen atoms in total. The summed E-state index contributed by atoms with van der Waals surface area (Å²) in [7, 11) is 0. The molecule has 0 bridgehead atoms. The Bertz CT molecular complexity index is 112. The Morgan fingerprint density at radius 3 is 2.82 bits per heavy atom. The maximum atomic E-state index is 5.87. The second-order valence-electron chi connectivity index (χ2n) is 3.65. The lowest BCUT2D eigenvalue weighted by molar-refractivity contribution is 0.246. The van der Waals surface area contributed by atoms with E-state index in [4.69, 9.17) is 5.73 Å². The summed E-state index contributed by atoms with van der Waals surface area (Å²) in [5.74, 6) is 0.809. The molecule has 0 aromatic heterocycles. The first kappa shape index (κ1) is 9.01. The van der Waals surface area contributed by atoms with Gasteiger partial charge < -0.3 is 11.1 Å². The molecule has 11 heavy (non-hydrogen) atoms. The first-order valence-electron chi connectivity index (χ1n) is 4.74. The standard InChI is InChI=1S/C9H20N2/c1-3-8-5-4-6-11-9(8)7(2)10/h7-9,11H,3-6,10H2,1-2H3. The van der Waals surface area contributed by atoms with Gasteiger partial charge in [0.15, 0.2) is 0 Å². The lowest BCUT2D eigenvalue weighted by atomic mass is 9.85. The van der Waals surface area contributed by atoms with Crippen molar-refractivity contribution in [2.24, 2.45) is 11.7 Å². The highest BCUT2D eigenvalue weighted by Gasteiger charge is 2.25. The number of hydrogen-bond donors (Lipinski definition) is 2. The Labute approximate surface area is 69.5 Å². The van der Waals surface area contributed by atoms with E-state index in [-0.39, 0.29) is 0 Å². The van der Waals surface area contributed by atoms with Gasteiger partial charge in [-0.15, -0.1) is 0 Å². The summed E-state index contributed by atoms with van der Waals surface area (Å²) in [5.41, 5.74) is 5.87. The molecule has 1 aliphatic rings. The van der Waals surface area contributed by atoms with Crippen molar-refractivity contribution in [3.63, 3.8) is 0 Å². The smallest absolute Gasteiger partial charge is 0.0244 e. The number of nitrogens with two attached hydrogens (primary N) is 1. The van der Waals surface area contributed by atoms with Gasteiger partial charge in [-0.2, -0.15) is 0 Å². The molecule has 0 aromatic carbocycles. The highest BCUT2D eigenvalue weighted by molar-refractivity contribution is 4.85. The summed E-state index contributed by atoms with van der Waals surface area (Å²) >= 11 is 0. The third-order valence-electron chi connectivity index (χ3n) is 2.73. The van der Waals surface area contributed by atoms with E-state index in [1.807, 2.05) is 0 Å². The molecule has 3 unspecified atom stereocenters. The fourth-order valence-corrected chi connectivity index (χ4v) is 2.05. The largest absolute Gasteiger partial charge is 0.327 e. The van der Waals surface area contributed by atoms with Crippen LogP contribution in [-0.4, -0.2) is 18.6 Å². The van der Waals surface area contributed by atoms with Crippen molar-refractivity contribution in [1.29, 1.82) is 0 Å². The van der Waals surface area contributed by atoms with Gasteiger partial charge in [0.25, 0.3) is 0 Å². The van der Waals surface area contributed by atoms with Gasteiger partial charge >= 0.3 is 0 Å². The normalized spacial score (nSPS) is 35.2. The van der Waals surface area contributed by atoms with E-state index in [0.29, 0.717) is 12.1 Å². The van der Waals surface area contributed by atoms with Crippen LogP contribution in [0.2, 0.25) is 0 Å². The van der Waals surface area contributed by atoms with Crippen LogP contribution in [0.5, 0.6) is 0 Å². The zero-order valence-corrected chi connectivity index (χ0v) is 7.64. The summed E-state index contributed by atoms with van der Waals surface area (Å²) in [6, 6.07) is 0.869. The Balaban J connectivity index is 2.44. The number of piperidine rings is 1. The van der Waals surface area contributed by atoms with Gasteiger partial charge in [0.2, 0.25) is 0 Å². The fourth-order valence-electron chi connectivity index (χ4n) is 2.05. The Morgan fingerprint density at radius 1 is 1.64 bits per heavy atom. The third-order valence-corrected chi connectivity index (χ3v) is 2.73. The van der Waals surface area contributed by atoms with Gasteiger partial charge in [-0.25, -0.2) is 0 Å². The SMILES string of the molecule is CCC1CCCNC1C(C)N. The van der Waals surface area contributed by atoms with Gasteiger partial charge in [0, 0.05) is 12.1 Å². The zero-order chi connectivity index (χ0) is 8.27. The van der Waals surface area contributed by atoms with Crippen molar-refractivity contribution < 1.29 is 0 Å². The molecule has 66 valence electrons. The molecule has 1 fully saturated rings. The van der Waals surface area contributed by atoms with Crippen LogP contribution >= 0.6 is 0 Å². The van der Waals surface area contributed by atoms with Gasteiger partial charge in [-0.3, -0.25) is 0 Å². The second-order valence-corrected chi connectivity index (χ2v) is 3.65. The van der Waals surface area contributed by atoms with Crippen molar-refractivity contribution >= 4 is 0 Å². The van der Waals surface area contributed by atoms with E-state index in [0.717, 1.165) is 12.5 Å². The van der Waals surface area contributed by atoms with Crippen molar-refractivity contribution in [2.75, 3.05) is 6.54 Å². The highest BCUT2D eigenvalue weighted by atomic mass is 15.0. The molecular weight excluding hydrogens is 136 g/mol. The minimum atomic E-state index is 0.306. The summed E-state index contributed by atoms with van der Waals surface area (Å²) in [6.45, 7) is 5.52. The van der Waals surface area contributed by atoms with Crippen LogP contribution in [0.3, 0.4) is 0 Å². The van der Waals surface area contributed by atoms with Crippen LogP contribution in [0.4, 0.5) is 0 Å². The maximum absolute atomic E-state index is 5.87. The molecule has 1 rings (SSSR count). The lowest BCUT2D eigenvalue weighted by Crippen LogP contribution is -2.51. The average Bonchev–Trinajstić information content (AvgIpc) is 2.04. The van der Waals surface area contributed by atoms with E-state index < -0.39 is 0 Å². The zero-order valence-electron chi connectivity index (χ0n) is 7.64. The summed E-state index contributed by atoms with van der Waals surface area (Å²) in [4.78, 5) is 0. The minimum Gasteiger partial charge on any atom is -0.327 e. The first-order valence-corrected chi connectivity index (χ1v) is 4.74. The molecule has 1 aliphatic heterocycles. The molecule has 0 amide bonds. The Kier molecular flexibility index (Phi) is 3.34. The molecule has 0 radical (unpaired) electrons. The van der Waals surface area contributed by atoms with Gasteiger partial charge in [0.05, 0.1) is 0 Å². The van der Waals surface area contributed by atoms with E-state index in [1.165, 1.54) is 19.3 Å². The lowest BCUT2D eigenvalue weighted by Gasteiger charge is -2.34. The molecule has 0 aliphatic carbocycles. The summed E-state index contributed by atoms with van der Waals surface area (Å²) in [6.07, 6.45) is 3.94. The van der Waals surface area contributed by atoms with Crippen molar-refractivity contribution in [2.45, 2.75) is 45.2 Å². The van der Waals surface area contributed by atoms with Crippen molar-refractivity contribution in [3.8, 4) is 0 Å². The molecule has 3 atom stereocenters. The monoisotopic (exact) mass is 156 g/mol. The molecule has 1 saturated heterocycles. The van der Waals surface area contributed by atoms with Crippen LogP contribution in [0.15, 0.2) is 0 Å². The topological polar surface area (TPSA) is 38.0 Å². The summed E-state index contributed by atoms with van der Waals surface area (Å²) < 4.78 is 0. The van der Waals surface area contributed by atoms with Crippen molar-refractivity contribution in [1.82, 2.24) is 5.32 Å². The number of nitrogens with one attached hydrogen (secondary N) is 1. The van der Waals surface area contributed by atoms with Crippen LogP contribution in [0.25, 0.3) is 0 Å². The fraction of sp³-hybridized carbons (Fsp3) is 1.00. The quantitative estimate of drug-likeness (QED) is 0.628. The molecule has 1 heterocycles. The van der Waals surface area contributed by atoms with Gasteiger partial charge in [-0.05, 0) is 32.2 Å². The number of hydrogen-bond acceptors (Lipinski definition) is 2. The van der Waals surface area contributed by atoms with Crippen LogP contribution < -0.4 is 11.1 Å². The first-order chi connectivity index (χ1) is 5.25. The van der Waals surface area contributed by atoms with Gasteiger partial charge in [0.1, 0.15) is 0 Å². The summed E-state index contributed by atoms with van der Waals surface area (Å²) in [5, 5.41) is 3.49. The third kappa shape index (κ3) is 2.17. The van der Waals surface area contributed by atoms with Crippen molar-refractivity contribution in [3.05, 3.63) is 0 Å². The predicted octanol–water partition coefficient (Wildman–Crippen LogP) is 1.11. The van der Waals surface area contributed by atoms with Crippen LogP contribution in [-0.2, 0) is 0 Å². The molecule has 0 saturated carbocycles. The van der Waals surface area contributed by atoms with Crippen LogP contribution in [0, 0.1) is 5.92 Å². The minimum absolute atomic E-state index is 0.306. The maximum Gasteiger partial charge on any atom is 0.0244 e. The highest BCUT2D eigenvalue weighted by Crippen LogP contribution is 2.20. The second kappa shape index (κ2) is 4.07. The molecule has 3 N–H and O–H groups in total. The molecule has 0 spiro atoms. The van der Waals surface area contributed by atoms with E-state index in [1.54, 1.807) is 0 Å². The van der Waals surface area contributed by atoms with E-state index in [2.05, 4.69) is 19.2 Å². The molecular formula is C9H20N2. The van der Waals surface area contributed by atoms with Crippen LogP contribution in [0.1, 0.15) is 33.1 Å². The molecule has 2 heteroatoms. The van der Waals surface area contributed by atoms with E-state index >= 15 is 0 Å². The van der Waals surface area contributed by atoms with E-state index in [9.17, 15) is 0 Å². The average molecular weight is 156 g/mol. The Morgan fingerprint density at radius 2 is 2.36 bits per heavy atom.